The van der Waals surface area contributed by atoms with Crippen molar-refractivity contribution in [2.75, 3.05) is 0 Å². The summed E-state index contributed by atoms with van der Waals surface area (Å²) in [7, 11) is 1.95. The van der Waals surface area contributed by atoms with Gasteiger partial charge in [-0.25, -0.2) is 0 Å². The van der Waals surface area contributed by atoms with E-state index in [2.05, 4.69) is 35.4 Å². The monoisotopic (exact) mass is 294 g/mol. The number of nitrogens with one attached hydrogen (secondary N) is 1. The Morgan fingerprint density at radius 1 is 1.45 bits per heavy atom. The van der Waals surface area contributed by atoms with E-state index in [4.69, 9.17) is 12.2 Å². The molecule has 1 aromatic rings. The molecule has 1 saturated carbocycles. The molecular weight excluding hydrogens is 268 g/mol. The highest BCUT2D eigenvalue weighted by atomic mass is 32.1. The molecule has 0 atom stereocenters. The molecule has 1 N–H and O–H groups in total. The van der Waals surface area contributed by atoms with Crippen LogP contribution in [0.2, 0.25) is 0 Å². The van der Waals surface area contributed by atoms with Gasteiger partial charge in [0.05, 0.1) is 6.20 Å². The number of hydrogen-bond donors (Lipinski definition) is 1. The van der Waals surface area contributed by atoms with Crippen molar-refractivity contribution in [1.29, 1.82) is 0 Å². The molecule has 1 aliphatic carbocycles. The molecule has 5 heteroatoms. The molecule has 4 nitrogen and oxygen atoms in total. The van der Waals surface area contributed by atoms with E-state index in [0.29, 0.717) is 12.1 Å². The Hall–Kier alpha value is -1.10. The zero-order valence-corrected chi connectivity index (χ0v) is 13.6. The lowest BCUT2D eigenvalue weighted by Gasteiger charge is -2.33. The molecule has 0 aromatic carbocycles. The highest BCUT2D eigenvalue weighted by molar-refractivity contribution is 7.80. The van der Waals surface area contributed by atoms with Gasteiger partial charge in [-0.3, -0.25) is 4.68 Å². The van der Waals surface area contributed by atoms with E-state index >= 15 is 0 Å². The Morgan fingerprint density at radius 2 is 2.15 bits per heavy atom. The highest BCUT2D eigenvalue weighted by Gasteiger charge is 2.19. The Kier molecular flexibility index (Phi) is 5.40. The highest BCUT2D eigenvalue weighted by Crippen LogP contribution is 2.18. The fraction of sp³-hybridized carbons (Fsp3) is 0.733. The molecule has 0 aliphatic heterocycles. The average Bonchev–Trinajstić information content (AvgIpc) is 2.82. The van der Waals surface area contributed by atoms with Crippen molar-refractivity contribution in [3.8, 4) is 0 Å². The van der Waals surface area contributed by atoms with Crippen LogP contribution in [0.4, 0.5) is 0 Å². The van der Waals surface area contributed by atoms with E-state index in [9.17, 15) is 0 Å². The molecule has 0 unspecified atom stereocenters. The summed E-state index contributed by atoms with van der Waals surface area (Å²) in [4.78, 5) is 2.25. The molecule has 1 fully saturated rings. The lowest BCUT2D eigenvalue weighted by molar-refractivity contribution is 0.321. The van der Waals surface area contributed by atoms with Crippen molar-refractivity contribution in [2.24, 2.45) is 7.05 Å². The third kappa shape index (κ3) is 4.20. The van der Waals surface area contributed by atoms with Gasteiger partial charge in [-0.1, -0.05) is 19.3 Å². The standard InChI is InChI=1S/C15H26N4S/c1-12(2)19(11-13-9-16-18(3)10-13)15(20)17-14-7-5-4-6-8-14/h9-10,12,14H,4-8,11H2,1-3H3,(H,17,20). The van der Waals surface area contributed by atoms with E-state index in [1.165, 1.54) is 37.7 Å². The maximum absolute atomic E-state index is 5.63. The summed E-state index contributed by atoms with van der Waals surface area (Å²) < 4.78 is 1.84. The van der Waals surface area contributed by atoms with Gasteiger partial charge in [0.2, 0.25) is 0 Å². The minimum atomic E-state index is 0.388. The van der Waals surface area contributed by atoms with Crippen LogP contribution in [0.25, 0.3) is 0 Å². The summed E-state index contributed by atoms with van der Waals surface area (Å²) in [5.41, 5.74) is 1.20. The summed E-state index contributed by atoms with van der Waals surface area (Å²) in [6, 6.07) is 0.949. The van der Waals surface area contributed by atoms with Crippen molar-refractivity contribution >= 4 is 17.3 Å². The molecule has 1 aromatic heterocycles. The second-order valence-electron chi connectivity index (χ2n) is 6.03. The molecule has 0 amide bonds. The summed E-state index contributed by atoms with van der Waals surface area (Å²) in [5, 5.41) is 8.67. The van der Waals surface area contributed by atoms with Crippen LogP contribution in [-0.4, -0.2) is 31.9 Å². The topological polar surface area (TPSA) is 33.1 Å². The second kappa shape index (κ2) is 7.07. The SMILES string of the molecule is CC(C)N(Cc1cnn(C)c1)C(=S)NC1CCCCC1. The van der Waals surface area contributed by atoms with E-state index in [1.807, 2.05) is 17.9 Å². The van der Waals surface area contributed by atoms with Crippen LogP contribution in [0.15, 0.2) is 12.4 Å². The van der Waals surface area contributed by atoms with Crippen molar-refractivity contribution in [2.45, 2.75) is 64.6 Å². The van der Waals surface area contributed by atoms with Crippen molar-refractivity contribution in [1.82, 2.24) is 20.0 Å². The molecule has 0 spiro atoms. The van der Waals surface area contributed by atoms with Gasteiger partial charge in [-0.05, 0) is 38.9 Å². The zero-order chi connectivity index (χ0) is 14.5. The maximum Gasteiger partial charge on any atom is 0.169 e. The van der Waals surface area contributed by atoms with Gasteiger partial charge in [-0.15, -0.1) is 0 Å². The lowest BCUT2D eigenvalue weighted by atomic mass is 9.96. The van der Waals surface area contributed by atoms with Gasteiger partial charge in [-0.2, -0.15) is 5.10 Å². The van der Waals surface area contributed by atoms with E-state index < -0.39 is 0 Å². The van der Waals surface area contributed by atoms with Gasteiger partial charge >= 0.3 is 0 Å². The zero-order valence-electron chi connectivity index (χ0n) is 12.8. The van der Waals surface area contributed by atoms with E-state index in [-0.39, 0.29) is 0 Å². The van der Waals surface area contributed by atoms with Gasteiger partial charge < -0.3 is 10.2 Å². The van der Waals surface area contributed by atoms with Gasteiger partial charge in [0.15, 0.2) is 5.11 Å². The lowest BCUT2D eigenvalue weighted by Crippen LogP contribution is -2.47. The number of rotatable bonds is 4. The predicted octanol–water partition coefficient (Wildman–Crippen LogP) is 2.84. The number of aryl methyl sites for hydroxylation is 1. The fourth-order valence-electron chi connectivity index (χ4n) is 2.74. The quantitative estimate of drug-likeness (QED) is 0.866. The summed E-state index contributed by atoms with van der Waals surface area (Å²) >= 11 is 5.63. The smallest absolute Gasteiger partial charge is 0.169 e. The largest absolute Gasteiger partial charge is 0.360 e. The van der Waals surface area contributed by atoms with Gasteiger partial charge in [0.1, 0.15) is 0 Å². The van der Waals surface area contributed by atoms with Crippen LogP contribution in [-0.2, 0) is 13.6 Å². The molecule has 2 rings (SSSR count). The van der Waals surface area contributed by atoms with Crippen LogP contribution >= 0.6 is 12.2 Å². The second-order valence-corrected chi connectivity index (χ2v) is 6.42. The first-order valence-corrected chi connectivity index (χ1v) is 8.01. The van der Waals surface area contributed by atoms with Crippen LogP contribution in [0.5, 0.6) is 0 Å². The molecule has 0 bridgehead atoms. The van der Waals surface area contributed by atoms with Crippen LogP contribution in [0.3, 0.4) is 0 Å². The number of hydrogen-bond acceptors (Lipinski definition) is 2. The molecule has 0 saturated heterocycles. The first-order valence-electron chi connectivity index (χ1n) is 7.61. The Bertz CT molecular complexity index is 435. The summed E-state index contributed by atoms with van der Waals surface area (Å²) in [6.45, 7) is 5.19. The fourth-order valence-corrected chi connectivity index (χ4v) is 3.19. The maximum atomic E-state index is 5.63. The number of thiocarbonyl (C=S) groups is 1. The first kappa shape index (κ1) is 15.3. The Morgan fingerprint density at radius 3 is 2.70 bits per heavy atom. The minimum absolute atomic E-state index is 0.388. The van der Waals surface area contributed by atoms with E-state index in [0.717, 1.165) is 11.7 Å². The minimum Gasteiger partial charge on any atom is -0.360 e. The molecule has 0 radical (unpaired) electrons. The third-order valence-corrected chi connectivity index (χ3v) is 4.28. The van der Waals surface area contributed by atoms with Crippen LogP contribution in [0.1, 0.15) is 51.5 Å². The van der Waals surface area contributed by atoms with Crippen LogP contribution < -0.4 is 5.32 Å². The molecule has 1 aliphatic rings. The molecular formula is C15H26N4S. The van der Waals surface area contributed by atoms with Crippen molar-refractivity contribution in [3.05, 3.63) is 18.0 Å². The third-order valence-electron chi connectivity index (χ3n) is 3.93. The van der Waals surface area contributed by atoms with Gasteiger partial charge in [0, 0.05) is 37.4 Å². The van der Waals surface area contributed by atoms with Crippen LogP contribution in [0, 0.1) is 0 Å². The number of nitrogens with zero attached hydrogens (tertiary/aromatic N) is 3. The first-order chi connectivity index (χ1) is 9.56. The predicted molar refractivity (Wildman–Crippen MR) is 86.5 cm³/mol. The van der Waals surface area contributed by atoms with E-state index in [1.54, 1.807) is 0 Å². The average molecular weight is 294 g/mol. The normalized spacial score (nSPS) is 16.4. The summed E-state index contributed by atoms with van der Waals surface area (Å²) in [5.74, 6) is 0. The Labute approximate surface area is 127 Å². The molecule has 112 valence electrons. The van der Waals surface area contributed by atoms with Crippen molar-refractivity contribution in [3.63, 3.8) is 0 Å². The summed E-state index contributed by atoms with van der Waals surface area (Å²) in [6.07, 6.45) is 10.5. The van der Waals surface area contributed by atoms with Gasteiger partial charge in [0.25, 0.3) is 0 Å². The molecule has 20 heavy (non-hydrogen) atoms. The van der Waals surface area contributed by atoms with Crippen molar-refractivity contribution < 1.29 is 0 Å². The number of aromatic nitrogens is 2. The molecule has 1 heterocycles. The Balaban J connectivity index is 1.94.